The van der Waals surface area contributed by atoms with Gasteiger partial charge in [-0.3, -0.25) is 18.8 Å². The SMILES string of the molecule is [2H]C([2H])(c1cn2cc(C(F)(F)F)ccc2n1)N(C(=O)c1cc2c(cc1F)nc(N)c1cnc(C)n12)c1ccnn1C. The van der Waals surface area contributed by atoms with Crippen molar-refractivity contribution in [2.24, 2.45) is 7.05 Å². The first kappa shape index (κ1) is 22.0. The van der Waals surface area contributed by atoms with E-state index in [0.29, 0.717) is 21.8 Å². The lowest BCUT2D eigenvalue weighted by atomic mass is 10.1. The smallest absolute Gasteiger partial charge is 0.382 e. The number of nitrogens with zero attached hydrogens (tertiary/aromatic N) is 8. The molecule has 10 nitrogen and oxygen atoms in total. The fourth-order valence-corrected chi connectivity index (χ4v) is 4.35. The van der Waals surface area contributed by atoms with Crippen LogP contribution < -0.4 is 10.6 Å². The predicted molar refractivity (Wildman–Crippen MR) is 134 cm³/mol. The number of aromatic nitrogens is 7. The van der Waals surface area contributed by atoms with E-state index in [-0.39, 0.29) is 22.8 Å². The van der Waals surface area contributed by atoms with Crippen LogP contribution in [-0.4, -0.2) is 39.4 Å². The summed E-state index contributed by atoms with van der Waals surface area (Å²) < 4.78 is 77.0. The number of halogens is 4. The first-order valence-corrected chi connectivity index (χ1v) is 11.4. The van der Waals surface area contributed by atoms with Gasteiger partial charge in [0.05, 0.1) is 49.5 Å². The van der Waals surface area contributed by atoms with E-state index in [2.05, 4.69) is 20.1 Å². The number of anilines is 2. The van der Waals surface area contributed by atoms with Crippen molar-refractivity contribution in [1.29, 1.82) is 0 Å². The zero-order valence-corrected chi connectivity index (χ0v) is 20.3. The first-order valence-electron chi connectivity index (χ1n) is 12.4. The van der Waals surface area contributed by atoms with Gasteiger partial charge in [-0.15, -0.1) is 0 Å². The lowest BCUT2D eigenvalue weighted by molar-refractivity contribution is -0.137. The van der Waals surface area contributed by atoms with Crippen LogP contribution in [0.3, 0.4) is 0 Å². The molecule has 2 N–H and O–H groups in total. The maximum Gasteiger partial charge on any atom is 0.417 e. The molecule has 0 aliphatic carbocycles. The monoisotopic (exact) mass is 539 g/mol. The Bertz CT molecular complexity index is 2010. The summed E-state index contributed by atoms with van der Waals surface area (Å²) in [7, 11) is 1.45. The largest absolute Gasteiger partial charge is 0.417 e. The second-order valence-electron chi connectivity index (χ2n) is 8.72. The number of amides is 1. The third-order valence-corrected chi connectivity index (χ3v) is 6.21. The van der Waals surface area contributed by atoms with Gasteiger partial charge in [0.1, 0.15) is 34.4 Å². The minimum atomic E-state index is -4.64. The van der Waals surface area contributed by atoms with Gasteiger partial charge in [0, 0.05) is 31.6 Å². The molecule has 0 unspecified atom stereocenters. The number of fused-ring (bicyclic) bond motifs is 4. The summed E-state index contributed by atoms with van der Waals surface area (Å²) in [6.07, 6.45) is -0.0367. The number of nitrogens with two attached hydrogens (primary N) is 1. The number of imidazole rings is 2. The Morgan fingerprint density at radius 3 is 2.67 bits per heavy atom. The second-order valence-corrected chi connectivity index (χ2v) is 8.72. The third kappa shape index (κ3) is 4.00. The van der Waals surface area contributed by atoms with Gasteiger partial charge in [-0.25, -0.2) is 19.3 Å². The molecule has 1 aromatic carbocycles. The Kier molecular flexibility index (Phi) is 4.80. The summed E-state index contributed by atoms with van der Waals surface area (Å²) in [5, 5.41) is 4.01. The number of benzene rings is 1. The van der Waals surface area contributed by atoms with Crippen molar-refractivity contribution in [3.63, 3.8) is 0 Å². The molecule has 0 bridgehead atoms. The van der Waals surface area contributed by atoms with Crippen LogP contribution in [0.1, 0.15) is 30.2 Å². The Labute approximate surface area is 219 Å². The quantitative estimate of drug-likeness (QED) is 0.337. The molecule has 0 radical (unpaired) electrons. The topological polar surface area (TPSA) is 112 Å². The predicted octanol–water partition coefficient (Wildman–Crippen LogP) is 4.16. The molecule has 5 aromatic heterocycles. The summed E-state index contributed by atoms with van der Waals surface area (Å²) in [4.78, 5) is 27.3. The van der Waals surface area contributed by atoms with E-state index >= 15 is 4.39 Å². The van der Waals surface area contributed by atoms with E-state index < -0.39 is 41.2 Å². The molecular weight excluding hydrogens is 518 g/mol. The van der Waals surface area contributed by atoms with Crippen LogP contribution in [0, 0.1) is 12.7 Å². The Hall–Kier alpha value is -5.01. The maximum atomic E-state index is 15.5. The van der Waals surface area contributed by atoms with Gasteiger partial charge in [0.25, 0.3) is 5.91 Å². The molecule has 6 rings (SSSR count). The number of rotatable bonds is 4. The molecule has 0 saturated heterocycles. The molecule has 1 amide bonds. The fraction of sp³-hybridized carbons (Fsp3) is 0.160. The minimum Gasteiger partial charge on any atom is -0.382 e. The van der Waals surface area contributed by atoms with E-state index in [9.17, 15) is 18.0 Å². The van der Waals surface area contributed by atoms with Crippen molar-refractivity contribution in [1.82, 2.24) is 33.5 Å². The lowest BCUT2D eigenvalue weighted by Crippen LogP contribution is -2.33. The molecule has 0 fully saturated rings. The second kappa shape index (κ2) is 8.51. The summed E-state index contributed by atoms with van der Waals surface area (Å²) in [5.41, 5.74) is 5.01. The molecule has 39 heavy (non-hydrogen) atoms. The van der Waals surface area contributed by atoms with E-state index in [4.69, 9.17) is 8.48 Å². The highest BCUT2D eigenvalue weighted by molar-refractivity contribution is 6.07. The van der Waals surface area contributed by atoms with Crippen LogP contribution in [0.25, 0.3) is 22.2 Å². The third-order valence-electron chi connectivity index (χ3n) is 6.21. The minimum absolute atomic E-state index is 0.00723. The summed E-state index contributed by atoms with van der Waals surface area (Å²) in [6.45, 7) is -1.10. The number of aryl methyl sites for hydroxylation is 2. The van der Waals surface area contributed by atoms with E-state index in [1.807, 2.05) is 0 Å². The molecule has 0 aliphatic rings. The van der Waals surface area contributed by atoms with Crippen LogP contribution in [0.4, 0.5) is 29.2 Å². The van der Waals surface area contributed by atoms with Gasteiger partial charge in [-0.1, -0.05) is 0 Å². The van der Waals surface area contributed by atoms with Gasteiger partial charge in [0.15, 0.2) is 0 Å². The highest BCUT2D eigenvalue weighted by Gasteiger charge is 2.31. The molecular formula is C25H19F4N9O. The van der Waals surface area contributed by atoms with E-state index in [0.717, 1.165) is 35.0 Å². The van der Waals surface area contributed by atoms with Gasteiger partial charge >= 0.3 is 6.18 Å². The molecule has 5 heterocycles. The number of nitrogen functional groups attached to an aromatic ring is 1. The van der Waals surface area contributed by atoms with Gasteiger partial charge in [0.2, 0.25) is 0 Å². The van der Waals surface area contributed by atoms with Crippen LogP contribution in [0.15, 0.2) is 55.1 Å². The first-order chi connectivity index (χ1) is 19.3. The van der Waals surface area contributed by atoms with Crippen LogP contribution in [-0.2, 0) is 19.7 Å². The van der Waals surface area contributed by atoms with Crippen molar-refractivity contribution >= 4 is 39.7 Å². The number of hydrogen-bond donors (Lipinski definition) is 1. The van der Waals surface area contributed by atoms with Crippen molar-refractivity contribution in [3.05, 3.63) is 83.6 Å². The Balaban J connectivity index is 1.53. The number of alkyl halides is 3. The van der Waals surface area contributed by atoms with Crippen LogP contribution >= 0.6 is 0 Å². The average Bonchev–Trinajstić information content (AvgIpc) is 3.62. The van der Waals surface area contributed by atoms with Crippen molar-refractivity contribution in [2.75, 3.05) is 10.6 Å². The standard InChI is InChI=1S/C25H19F4N9O/c1-13-31-9-20-23(30)34-18-8-17(26)16(7-19(18)38(13)20)24(39)37(22-5-6-32-35(22)2)12-15-11-36-10-14(25(27,28)29)3-4-21(36)33-15/h3-11H,12H2,1-2H3,(H2,30,34)/i12D2. The van der Waals surface area contributed by atoms with Crippen LogP contribution in [0.2, 0.25) is 0 Å². The molecule has 14 heteroatoms. The maximum absolute atomic E-state index is 15.5. The summed E-state index contributed by atoms with van der Waals surface area (Å²) in [5.74, 6) is -1.57. The molecule has 6 aromatic rings. The lowest BCUT2D eigenvalue weighted by Gasteiger charge is -2.22. The van der Waals surface area contributed by atoms with Gasteiger partial charge in [-0.05, 0) is 25.1 Å². The van der Waals surface area contributed by atoms with Crippen molar-refractivity contribution < 1.29 is 25.1 Å². The highest BCUT2D eigenvalue weighted by atomic mass is 19.4. The molecule has 0 spiro atoms. The van der Waals surface area contributed by atoms with Gasteiger partial charge < -0.3 is 10.1 Å². The Morgan fingerprint density at radius 2 is 1.95 bits per heavy atom. The number of carbonyl (C=O) groups is 1. The summed E-state index contributed by atoms with van der Waals surface area (Å²) >= 11 is 0. The molecule has 0 aliphatic heterocycles. The highest BCUT2D eigenvalue weighted by Crippen LogP contribution is 2.30. The molecule has 0 saturated carbocycles. The zero-order chi connectivity index (χ0) is 29.4. The average molecular weight is 539 g/mol. The summed E-state index contributed by atoms with van der Waals surface area (Å²) in [6, 6.07) is 5.47. The van der Waals surface area contributed by atoms with Crippen LogP contribution in [0.5, 0.6) is 0 Å². The van der Waals surface area contributed by atoms with E-state index in [1.165, 1.54) is 36.3 Å². The van der Waals surface area contributed by atoms with Crippen molar-refractivity contribution in [3.8, 4) is 0 Å². The molecule has 198 valence electrons. The van der Waals surface area contributed by atoms with Crippen molar-refractivity contribution in [2.45, 2.75) is 19.6 Å². The zero-order valence-electron chi connectivity index (χ0n) is 22.3. The fourth-order valence-electron chi connectivity index (χ4n) is 4.35. The Morgan fingerprint density at radius 1 is 1.15 bits per heavy atom. The number of hydrogen-bond acceptors (Lipinski definition) is 6. The van der Waals surface area contributed by atoms with E-state index in [1.54, 1.807) is 11.3 Å². The number of carbonyl (C=O) groups excluding carboxylic acids is 1. The van der Waals surface area contributed by atoms with Gasteiger partial charge in [-0.2, -0.15) is 18.3 Å². The number of pyridine rings is 1. The molecule has 0 atom stereocenters. The normalized spacial score (nSPS) is 13.3.